The van der Waals surface area contributed by atoms with Gasteiger partial charge >= 0.3 is 0 Å². The van der Waals surface area contributed by atoms with Gasteiger partial charge in [0, 0.05) is 23.3 Å². The quantitative estimate of drug-likeness (QED) is 0.760. The van der Waals surface area contributed by atoms with Crippen LogP contribution in [0.25, 0.3) is 10.9 Å². The molecule has 2 rings (SSSR count). The maximum Gasteiger partial charge on any atom is 0.0457 e. The fourth-order valence-electron chi connectivity index (χ4n) is 2.08. The summed E-state index contributed by atoms with van der Waals surface area (Å²) in [7, 11) is 4.20. The smallest absolute Gasteiger partial charge is 0.0457 e. The van der Waals surface area contributed by atoms with Gasteiger partial charge in [-0.05, 0) is 56.7 Å². The number of nitrogens with one attached hydrogen (secondary N) is 2. The lowest BCUT2D eigenvalue weighted by atomic mass is 10.1. The normalized spacial score (nSPS) is 11.2. The van der Waals surface area contributed by atoms with Gasteiger partial charge in [0.25, 0.3) is 0 Å². The molecule has 0 fully saturated rings. The minimum Gasteiger partial charge on any atom is -0.361 e. The van der Waals surface area contributed by atoms with Crippen LogP contribution in [-0.2, 0) is 6.42 Å². The van der Waals surface area contributed by atoms with Gasteiger partial charge in [-0.2, -0.15) is 0 Å². The van der Waals surface area contributed by atoms with E-state index in [1.165, 1.54) is 17.2 Å². The summed E-state index contributed by atoms with van der Waals surface area (Å²) in [5, 5.41) is 8.55. The Balaban J connectivity index is 2.19. The largest absolute Gasteiger partial charge is 0.361 e. The monoisotopic (exact) mass is 229 g/mol. The maximum absolute atomic E-state index is 7.30. The SMILES string of the molecule is CN(C)CCCc1c[nH]c2ccc(C=N)cc12. The molecule has 1 aromatic heterocycles. The summed E-state index contributed by atoms with van der Waals surface area (Å²) in [5.41, 5.74) is 3.48. The summed E-state index contributed by atoms with van der Waals surface area (Å²) >= 11 is 0. The van der Waals surface area contributed by atoms with Crippen LogP contribution in [0.15, 0.2) is 24.4 Å². The van der Waals surface area contributed by atoms with Gasteiger partial charge in [0.1, 0.15) is 0 Å². The highest BCUT2D eigenvalue weighted by atomic mass is 15.0. The lowest BCUT2D eigenvalue weighted by molar-refractivity contribution is 0.400. The zero-order valence-corrected chi connectivity index (χ0v) is 10.5. The Morgan fingerprint density at radius 3 is 2.88 bits per heavy atom. The lowest BCUT2D eigenvalue weighted by Gasteiger charge is -2.08. The standard InChI is InChI=1S/C14H19N3/c1-17(2)7-3-4-12-10-16-14-6-5-11(9-15)8-13(12)14/h5-6,8-10,15-16H,3-4,7H2,1-2H3. The Hall–Kier alpha value is -1.61. The molecule has 1 heterocycles. The highest BCUT2D eigenvalue weighted by Crippen LogP contribution is 2.20. The molecule has 17 heavy (non-hydrogen) atoms. The van der Waals surface area contributed by atoms with Crippen LogP contribution in [-0.4, -0.2) is 36.7 Å². The molecule has 2 N–H and O–H groups in total. The molecule has 3 nitrogen and oxygen atoms in total. The zero-order chi connectivity index (χ0) is 12.3. The van der Waals surface area contributed by atoms with E-state index in [9.17, 15) is 0 Å². The number of aromatic nitrogens is 1. The van der Waals surface area contributed by atoms with E-state index >= 15 is 0 Å². The summed E-state index contributed by atoms with van der Waals surface area (Å²) in [4.78, 5) is 5.50. The molecule has 3 heteroatoms. The molecule has 1 aromatic carbocycles. The van der Waals surface area contributed by atoms with Crippen LogP contribution < -0.4 is 0 Å². The number of hydrogen-bond acceptors (Lipinski definition) is 2. The van der Waals surface area contributed by atoms with Crippen LogP contribution in [0, 0.1) is 5.41 Å². The molecule has 0 amide bonds. The summed E-state index contributed by atoms with van der Waals surface area (Å²) in [6.07, 6.45) is 5.73. The molecule has 0 aliphatic carbocycles. The van der Waals surface area contributed by atoms with Crippen molar-refractivity contribution >= 4 is 17.1 Å². The number of aryl methyl sites for hydroxylation is 1. The highest BCUT2D eigenvalue weighted by molar-refractivity contribution is 5.90. The molecular formula is C14H19N3. The second-order valence-electron chi connectivity index (χ2n) is 4.67. The van der Waals surface area contributed by atoms with Crippen LogP contribution >= 0.6 is 0 Å². The molecule has 0 radical (unpaired) electrons. The van der Waals surface area contributed by atoms with E-state index in [1.54, 1.807) is 0 Å². The second kappa shape index (κ2) is 5.15. The van der Waals surface area contributed by atoms with Crippen LogP contribution in [0.4, 0.5) is 0 Å². The van der Waals surface area contributed by atoms with E-state index < -0.39 is 0 Å². The van der Waals surface area contributed by atoms with Crippen LogP contribution in [0.2, 0.25) is 0 Å². The fourth-order valence-corrected chi connectivity index (χ4v) is 2.08. The second-order valence-corrected chi connectivity index (χ2v) is 4.67. The van der Waals surface area contributed by atoms with Crippen molar-refractivity contribution in [2.75, 3.05) is 20.6 Å². The van der Waals surface area contributed by atoms with Crippen LogP contribution in [0.5, 0.6) is 0 Å². The molecule has 0 saturated carbocycles. The molecule has 0 unspecified atom stereocenters. The Labute approximate surface area is 102 Å². The molecule has 0 atom stereocenters. The number of aromatic amines is 1. The summed E-state index contributed by atoms with van der Waals surface area (Å²) < 4.78 is 0. The number of benzene rings is 1. The van der Waals surface area contributed by atoms with Gasteiger partial charge in [0.15, 0.2) is 0 Å². The van der Waals surface area contributed by atoms with Crippen molar-refractivity contribution in [1.82, 2.24) is 9.88 Å². The average molecular weight is 229 g/mol. The van der Waals surface area contributed by atoms with Crippen molar-refractivity contribution in [3.05, 3.63) is 35.5 Å². The van der Waals surface area contributed by atoms with E-state index in [2.05, 4.69) is 36.2 Å². The van der Waals surface area contributed by atoms with Crippen LogP contribution in [0.3, 0.4) is 0 Å². The van der Waals surface area contributed by atoms with Gasteiger partial charge in [-0.15, -0.1) is 0 Å². The minimum absolute atomic E-state index is 0.964. The van der Waals surface area contributed by atoms with Crippen LogP contribution in [0.1, 0.15) is 17.5 Å². The van der Waals surface area contributed by atoms with Crippen molar-refractivity contribution in [2.24, 2.45) is 0 Å². The molecular weight excluding hydrogens is 210 g/mol. The number of nitrogens with zero attached hydrogens (tertiary/aromatic N) is 1. The van der Waals surface area contributed by atoms with Crippen molar-refractivity contribution in [3.63, 3.8) is 0 Å². The molecule has 0 spiro atoms. The van der Waals surface area contributed by atoms with Crippen molar-refractivity contribution < 1.29 is 0 Å². The average Bonchev–Trinajstić information content (AvgIpc) is 2.71. The Morgan fingerprint density at radius 2 is 2.18 bits per heavy atom. The molecule has 0 bridgehead atoms. The lowest BCUT2D eigenvalue weighted by Crippen LogP contribution is -2.13. The maximum atomic E-state index is 7.30. The molecule has 0 aliphatic heterocycles. The summed E-state index contributed by atoms with van der Waals surface area (Å²) in [6.45, 7) is 1.11. The Bertz CT molecular complexity index is 511. The third-order valence-corrected chi connectivity index (χ3v) is 3.01. The first-order valence-corrected chi connectivity index (χ1v) is 5.96. The van der Waals surface area contributed by atoms with E-state index in [0.29, 0.717) is 0 Å². The van der Waals surface area contributed by atoms with Gasteiger partial charge in [0.2, 0.25) is 0 Å². The predicted octanol–water partition coefficient (Wildman–Crippen LogP) is 2.66. The summed E-state index contributed by atoms with van der Waals surface area (Å²) in [5.74, 6) is 0. The van der Waals surface area contributed by atoms with Gasteiger partial charge in [-0.1, -0.05) is 6.07 Å². The van der Waals surface area contributed by atoms with E-state index in [4.69, 9.17) is 5.41 Å². The first-order chi connectivity index (χ1) is 8.20. The van der Waals surface area contributed by atoms with E-state index in [1.807, 2.05) is 12.1 Å². The third-order valence-electron chi connectivity index (χ3n) is 3.01. The van der Waals surface area contributed by atoms with Gasteiger partial charge in [0.05, 0.1) is 0 Å². The first kappa shape index (κ1) is 11.9. The van der Waals surface area contributed by atoms with Gasteiger partial charge < -0.3 is 15.3 Å². The number of fused-ring (bicyclic) bond motifs is 1. The highest BCUT2D eigenvalue weighted by Gasteiger charge is 2.04. The van der Waals surface area contributed by atoms with E-state index in [-0.39, 0.29) is 0 Å². The van der Waals surface area contributed by atoms with Crippen molar-refractivity contribution in [2.45, 2.75) is 12.8 Å². The number of hydrogen-bond donors (Lipinski definition) is 2. The number of H-pyrrole nitrogens is 1. The zero-order valence-electron chi connectivity index (χ0n) is 10.5. The minimum atomic E-state index is 0.964. The summed E-state index contributed by atoms with van der Waals surface area (Å²) in [6, 6.07) is 6.10. The third kappa shape index (κ3) is 2.74. The molecule has 90 valence electrons. The van der Waals surface area contributed by atoms with Gasteiger partial charge in [-0.3, -0.25) is 0 Å². The van der Waals surface area contributed by atoms with Gasteiger partial charge in [-0.25, -0.2) is 0 Å². The predicted molar refractivity (Wildman–Crippen MR) is 73.1 cm³/mol. The first-order valence-electron chi connectivity index (χ1n) is 5.96. The van der Waals surface area contributed by atoms with E-state index in [0.717, 1.165) is 30.5 Å². The van der Waals surface area contributed by atoms with Crippen molar-refractivity contribution in [1.29, 1.82) is 5.41 Å². The fraction of sp³-hybridized carbons (Fsp3) is 0.357. The molecule has 0 aliphatic rings. The number of rotatable bonds is 5. The Kier molecular flexibility index (Phi) is 3.59. The Morgan fingerprint density at radius 1 is 1.35 bits per heavy atom. The molecule has 0 saturated heterocycles. The molecule has 2 aromatic rings. The van der Waals surface area contributed by atoms with Crippen molar-refractivity contribution in [3.8, 4) is 0 Å². The topological polar surface area (TPSA) is 42.9 Å².